The number of rotatable bonds is 8. The summed E-state index contributed by atoms with van der Waals surface area (Å²) in [5.74, 6) is 1.07. The molecular weight excluding hydrogens is 463 g/mol. The summed E-state index contributed by atoms with van der Waals surface area (Å²) < 4.78 is 11.2. The number of hydrogen-bond acceptors (Lipinski definition) is 4. The van der Waals surface area contributed by atoms with Gasteiger partial charge >= 0.3 is 0 Å². The molecule has 0 fully saturated rings. The van der Waals surface area contributed by atoms with E-state index in [0.717, 1.165) is 22.4 Å². The first-order chi connectivity index (χ1) is 14.4. The lowest BCUT2D eigenvalue weighted by Crippen LogP contribution is -2.00. The van der Waals surface area contributed by atoms with Gasteiger partial charge in [-0.2, -0.15) is 0 Å². The standard InChI is InChI=1S/C23H19Cl3O3S/c1-3-16-6-9-23(30-16)20(27)7-4-14-5-8-21(28-2)15(10-14)13-29-22-12-18(25)17(24)11-19(22)26/h4-12H,3,13H2,1-2H3/b7-4+. The van der Waals surface area contributed by atoms with E-state index in [1.54, 1.807) is 25.3 Å². The molecular formula is C23H19Cl3O3S. The molecule has 0 bridgehead atoms. The van der Waals surface area contributed by atoms with Crippen molar-refractivity contribution in [2.45, 2.75) is 20.0 Å². The Labute approximate surface area is 194 Å². The molecule has 0 saturated carbocycles. The minimum Gasteiger partial charge on any atom is -0.496 e. The second kappa shape index (κ2) is 10.4. The molecule has 0 aliphatic heterocycles. The van der Waals surface area contributed by atoms with E-state index in [1.807, 2.05) is 30.3 Å². The molecule has 0 radical (unpaired) electrons. The minimum atomic E-state index is -0.0177. The fraction of sp³-hybridized carbons (Fsp3) is 0.174. The highest BCUT2D eigenvalue weighted by molar-refractivity contribution is 7.14. The van der Waals surface area contributed by atoms with Gasteiger partial charge in [-0.1, -0.05) is 53.9 Å². The minimum absolute atomic E-state index is 0.0177. The Bertz CT molecular complexity index is 1090. The smallest absolute Gasteiger partial charge is 0.195 e. The Kier molecular flexibility index (Phi) is 7.84. The van der Waals surface area contributed by atoms with Crippen LogP contribution in [0.25, 0.3) is 6.08 Å². The molecule has 30 heavy (non-hydrogen) atoms. The molecule has 156 valence electrons. The van der Waals surface area contributed by atoms with E-state index in [2.05, 4.69) is 6.92 Å². The molecule has 0 N–H and O–H groups in total. The first-order valence-corrected chi connectivity index (χ1v) is 11.1. The summed E-state index contributed by atoms with van der Waals surface area (Å²) in [4.78, 5) is 14.3. The van der Waals surface area contributed by atoms with E-state index in [4.69, 9.17) is 44.3 Å². The molecule has 0 spiro atoms. The maximum Gasteiger partial charge on any atom is 0.195 e. The zero-order chi connectivity index (χ0) is 21.7. The lowest BCUT2D eigenvalue weighted by Gasteiger charge is -2.13. The first kappa shape index (κ1) is 22.7. The highest BCUT2D eigenvalue weighted by Crippen LogP contribution is 2.35. The third kappa shape index (κ3) is 5.58. The molecule has 0 unspecified atom stereocenters. The normalized spacial score (nSPS) is 11.1. The average molecular weight is 482 g/mol. The van der Waals surface area contributed by atoms with Crippen LogP contribution in [-0.4, -0.2) is 12.9 Å². The number of carbonyl (C=O) groups is 1. The quantitative estimate of drug-likeness (QED) is 0.187. The van der Waals surface area contributed by atoms with Crippen molar-refractivity contribution in [3.05, 3.63) is 84.5 Å². The monoisotopic (exact) mass is 480 g/mol. The van der Waals surface area contributed by atoms with Gasteiger partial charge in [-0.05, 0) is 48.4 Å². The van der Waals surface area contributed by atoms with Gasteiger partial charge in [0.1, 0.15) is 18.1 Å². The van der Waals surface area contributed by atoms with E-state index >= 15 is 0 Å². The van der Waals surface area contributed by atoms with Crippen molar-refractivity contribution >= 4 is 58.0 Å². The summed E-state index contributed by atoms with van der Waals surface area (Å²) in [6.07, 6.45) is 4.28. The average Bonchev–Trinajstić information content (AvgIpc) is 3.23. The Morgan fingerprint density at radius 2 is 1.77 bits per heavy atom. The summed E-state index contributed by atoms with van der Waals surface area (Å²) in [6, 6.07) is 12.6. The molecule has 0 amide bonds. The number of benzene rings is 2. The molecule has 1 heterocycles. The first-order valence-electron chi connectivity index (χ1n) is 9.16. The summed E-state index contributed by atoms with van der Waals surface area (Å²) in [6.45, 7) is 2.28. The number of methoxy groups -OCH3 is 1. The molecule has 0 atom stereocenters. The molecule has 3 aromatic rings. The molecule has 3 rings (SSSR count). The van der Waals surface area contributed by atoms with Crippen LogP contribution < -0.4 is 9.47 Å². The van der Waals surface area contributed by atoms with Crippen LogP contribution in [0.2, 0.25) is 15.1 Å². The number of ether oxygens (including phenoxy) is 2. The predicted octanol–water partition coefficient (Wildman–Crippen LogP) is 7.75. The number of ketones is 1. The third-order valence-electron chi connectivity index (χ3n) is 4.34. The summed E-state index contributed by atoms with van der Waals surface area (Å²) in [5, 5.41) is 1.09. The number of halogens is 3. The molecule has 3 nitrogen and oxygen atoms in total. The van der Waals surface area contributed by atoms with E-state index < -0.39 is 0 Å². The molecule has 7 heteroatoms. The Morgan fingerprint density at radius 1 is 1.00 bits per heavy atom. The SMILES string of the molecule is CCc1ccc(C(=O)/C=C/c2ccc(OC)c(COc3cc(Cl)c(Cl)cc3Cl)c2)s1. The highest BCUT2D eigenvalue weighted by Gasteiger charge is 2.10. The van der Waals surface area contributed by atoms with Crippen LogP contribution in [0.1, 0.15) is 32.6 Å². The fourth-order valence-electron chi connectivity index (χ4n) is 2.74. The van der Waals surface area contributed by atoms with E-state index in [1.165, 1.54) is 22.3 Å². The van der Waals surface area contributed by atoms with E-state index in [0.29, 0.717) is 26.6 Å². The van der Waals surface area contributed by atoms with Crippen molar-refractivity contribution in [2.75, 3.05) is 7.11 Å². The van der Waals surface area contributed by atoms with Gasteiger partial charge in [0.25, 0.3) is 0 Å². The van der Waals surface area contributed by atoms with Crippen LogP contribution in [0, 0.1) is 0 Å². The van der Waals surface area contributed by atoms with Crippen molar-refractivity contribution in [3.8, 4) is 11.5 Å². The molecule has 0 aliphatic rings. The van der Waals surface area contributed by atoms with Crippen molar-refractivity contribution in [2.24, 2.45) is 0 Å². The summed E-state index contributed by atoms with van der Waals surface area (Å²) >= 11 is 19.7. The van der Waals surface area contributed by atoms with Crippen LogP contribution in [-0.2, 0) is 13.0 Å². The largest absolute Gasteiger partial charge is 0.496 e. The van der Waals surface area contributed by atoms with E-state index in [9.17, 15) is 4.79 Å². The van der Waals surface area contributed by atoms with E-state index in [-0.39, 0.29) is 12.4 Å². The number of allylic oxidation sites excluding steroid dienone is 1. The molecule has 0 aliphatic carbocycles. The van der Waals surface area contributed by atoms with Gasteiger partial charge in [-0.25, -0.2) is 0 Å². The van der Waals surface area contributed by atoms with Crippen molar-refractivity contribution < 1.29 is 14.3 Å². The van der Waals surface area contributed by atoms with Crippen LogP contribution in [0.15, 0.2) is 48.5 Å². The van der Waals surface area contributed by atoms with Crippen molar-refractivity contribution in [3.63, 3.8) is 0 Å². The number of aryl methyl sites for hydroxylation is 1. The van der Waals surface area contributed by atoms with Crippen LogP contribution in [0.5, 0.6) is 11.5 Å². The Hall–Kier alpha value is -1.98. The van der Waals surface area contributed by atoms with Gasteiger partial charge in [-0.15, -0.1) is 11.3 Å². The zero-order valence-corrected chi connectivity index (χ0v) is 19.5. The Morgan fingerprint density at radius 3 is 2.47 bits per heavy atom. The van der Waals surface area contributed by atoms with Gasteiger partial charge in [0.05, 0.1) is 27.1 Å². The second-order valence-corrected chi connectivity index (χ2v) is 8.76. The summed E-state index contributed by atoms with van der Waals surface area (Å²) in [5.41, 5.74) is 1.66. The lowest BCUT2D eigenvalue weighted by molar-refractivity contribution is 0.105. The van der Waals surface area contributed by atoms with Crippen molar-refractivity contribution in [1.82, 2.24) is 0 Å². The lowest BCUT2D eigenvalue weighted by atomic mass is 10.1. The number of carbonyl (C=O) groups excluding carboxylic acids is 1. The van der Waals surface area contributed by atoms with Gasteiger partial charge < -0.3 is 9.47 Å². The predicted molar refractivity (Wildman–Crippen MR) is 126 cm³/mol. The maximum absolute atomic E-state index is 12.4. The highest BCUT2D eigenvalue weighted by atomic mass is 35.5. The van der Waals surface area contributed by atoms with Crippen LogP contribution >= 0.6 is 46.1 Å². The van der Waals surface area contributed by atoms with Gasteiger partial charge in [0.15, 0.2) is 5.78 Å². The van der Waals surface area contributed by atoms with Gasteiger partial charge in [0, 0.05) is 16.5 Å². The van der Waals surface area contributed by atoms with Gasteiger partial charge in [0.2, 0.25) is 0 Å². The summed E-state index contributed by atoms with van der Waals surface area (Å²) in [7, 11) is 1.59. The van der Waals surface area contributed by atoms with Crippen molar-refractivity contribution in [1.29, 1.82) is 0 Å². The van der Waals surface area contributed by atoms with Crippen LogP contribution in [0.4, 0.5) is 0 Å². The topological polar surface area (TPSA) is 35.5 Å². The number of hydrogen-bond donors (Lipinski definition) is 0. The second-order valence-electron chi connectivity index (χ2n) is 6.37. The maximum atomic E-state index is 12.4. The fourth-order valence-corrected chi connectivity index (χ4v) is 4.20. The Balaban J connectivity index is 1.76. The zero-order valence-electron chi connectivity index (χ0n) is 16.4. The van der Waals surface area contributed by atoms with Crippen LogP contribution in [0.3, 0.4) is 0 Å². The van der Waals surface area contributed by atoms with Gasteiger partial charge in [-0.3, -0.25) is 4.79 Å². The molecule has 2 aromatic carbocycles. The number of thiophene rings is 1. The molecule has 0 saturated heterocycles. The molecule has 1 aromatic heterocycles. The third-order valence-corrected chi connectivity index (χ3v) is 6.60.